The Hall–Kier alpha value is -1.83. The number of hydrogen-bond donors (Lipinski definition) is 1. The van der Waals surface area contributed by atoms with E-state index in [9.17, 15) is 23.3 Å². The molecule has 0 spiro atoms. The lowest BCUT2D eigenvalue weighted by molar-refractivity contribution is -0.388. The van der Waals surface area contributed by atoms with Crippen molar-refractivity contribution in [1.82, 2.24) is 5.32 Å². The maximum atomic E-state index is 12.7. The lowest BCUT2D eigenvalue weighted by Crippen LogP contribution is -2.26. The summed E-state index contributed by atoms with van der Waals surface area (Å²) in [6, 6.07) is 2.59. The Morgan fingerprint density at radius 1 is 1.47 bits per heavy atom. The Morgan fingerprint density at radius 3 is 2.58 bits per heavy atom. The fourth-order valence-electron chi connectivity index (χ4n) is 1.54. The molecule has 1 aromatic rings. The van der Waals surface area contributed by atoms with Crippen LogP contribution in [0.1, 0.15) is 12.5 Å². The minimum atomic E-state index is -4.80. The van der Waals surface area contributed by atoms with Crippen molar-refractivity contribution >= 4 is 5.69 Å². The van der Waals surface area contributed by atoms with E-state index in [-0.39, 0.29) is 11.9 Å². The molecular formula is C11H13F3N2O3. The molecule has 19 heavy (non-hydrogen) atoms. The predicted molar refractivity (Wildman–Crippen MR) is 62.1 cm³/mol. The van der Waals surface area contributed by atoms with Crippen molar-refractivity contribution in [3.8, 4) is 5.75 Å². The fraction of sp³-hybridized carbons (Fsp3) is 0.455. The Kier molecular flexibility index (Phi) is 4.71. The second-order valence-corrected chi connectivity index (χ2v) is 3.92. The number of nitro benzene ring substituents is 1. The molecule has 0 saturated carbocycles. The molecule has 1 atom stereocenters. The van der Waals surface area contributed by atoms with Gasteiger partial charge in [-0.1, -0.05) is 0 Å². The number of nitro groups is 1. The molecule has 0 aliphatic heterocycles. The van der Waals surface area contributed by atoms with Crippen molar-refractivity contribution in [2.24, 2.45) is 0 Å². The molecule has 1 N–H and O–H groups in total. The van der Waals surface area contributed by atoms with Gasteiger partial charge in [-0.3, -0.25) is 10.1 Å². The van der Waals surface area contributed by atoms with E-state index in [4.69, 9.17) is 4.74 Å². The van der Waals surface area contributed by atoms with Gasteiger partial charge in [0.25, 0.3) is 5.69 Å². The van der Waals surface area contributed by atoms with E-state index in [1.165, 1.54) is 0 Å². The molecule has 0 aliphatic rings. The van der Waals surface area contributed by atoms with E-state index in [0.717, 1.165) is 12.1 Å². The van der Waals surface area contributed by atoms with E-state index in [0.29, 0.717) is 12.6 Å². The molecule has 8 heteroatoms. The number of ether oxygens (including phenoxy) is 1. The molecule has 1 aromatic carbocycles. The van der Waals surface area contributed by atoms with Crippen molar-refractivity contribution in [1.29, 1.82) is 0 Å². The summed E-state index contributed by atoms with van der Waals surface area (Å²) in [4.78, 5) is 9.49. The topological polar surface area (TPSA) is 64.4 Å². The average Bonchev–Trinajstić information content (AvgIpc) is 2.27. The number of hydrogen-bond acceptors (Lipinski definition) is 4. The predicted octanol–water partition coefficient (Wildman–Crippen LogP) is 2.60. The number of nitrogens with zero attached hydrogens (tertiary/aromatic N) is 1. The zero-order valence-electron chi connectivity index (χ0n) is 10.3. The molecule has 1 unspecified atom stereocenters. The quantitative estimate of drug-likeness (QED) is 0.664. The van der Waals surface area contributed by atoms with Crippen molar-refractivity contribution in [3.63, 3.8) is 0 Å². The molecule has 0 bridgehead atoms. The summed E-state index contributed by atoms with van der Waals surface area (Å²) in [6.45, 7) is 2.11. The molecule has 0 saturated heterocycles. The standard InChI is InChI=1S/C11H13F3N2O3/c1-7(6-15-2)19-8-3-4-10(16(17)18)9(5-8)11(12,13)14/h3-5,7,15H,6H2,1-2H3. The van der Waals surface area contributed by atoms with Crippen LogP contribution in [0.25, 0.3) is 0 Å². The Morgan fingerprint density at radius 2 is 2.11 bits per heavy atom. The third kappa shape index (κ3) is 4.09. The monoisotopic (exact) mass is 278 g/mol. The van der Waals surface area contributed by atoms with E-state index < -0.39 is 22.4 Å². The first-order valence-corrected chi connectivity index (χ1v) is 5.42. The second-order valence-electron chi connectivity index (χ2n) is 3.92. The van der Waals surface area contributed by atoms with Crippen LogP contribution < -0.4 is 10.1 Å². The van der Waals surface area contributed by atoms with Gasteiger partial charge >= 0.3 is 6.18 Å². The highest BCUT2D eigenvalue weighted by molar-refractivity contribution is 5.47. The Balaban J connectivity index is 3.09. The first-order valence-electron chi connectivity index (χ1n) is 5.42. The first kappa shape index (κ1) is 15.2. The van der Waals surface area contributed by atoms with Gasteiger partial charge in [0, 0.05) is 12.6 Å². The van der Waals surface area contributed by atoms with Gasteiger partial charge < -0.3 is 10.1 Å². The summed E-state index contributed by atoms with van der Waals surface area (Å²) in [6.07, 6.45) is -5.15. The van der Waals surface area contributed by atoms with E-state index in [1.807, 2.05) is 0 Å². The van der Waals surface area contributed by atoms with Crippen LogP contribution in [0.4, 0.5) is 18.9 Å². The van der Waals surface area contributed by atoms with Gasteiger partial charge in [0.15, 0.2) is 0 Å². The van der Waals surface area contributed by atoms with Crippen LogP contribution in [0.5, 0.6) is 5.75 Å². The van der Waals surface area contributed by atoms with Crippen molar-refractivity contribution < 1.29 is 22.8 Å². The van der Waals surface area contributed by atoms with Crippen LogP contribution in [0.15, 0.2) is 18.2 Å². The van der Waals surface area contributed by atoms with Crippen molar-refractivity contribution in [2.45, 2.75) is 19.2 Å². The molecule has 106 valence electrons. The fourth-order valence-corrected chi connectivity index (χ4v) is 1.54. The lowest BCUT2D eigenvalue weighted by Gasteiger charge is -2.15. The van der Waals surface area contributed by atoms with Crippen LogP contribution in [0, 0.1) is 10.1 Å². The van der Waals surface area contributed by atoms with Gasteiger partial charge in [-0.25, -0.2) is 0 Å². The normalized spacial score (nSPS) is 13.1. The van der Waals surface area contributed by atoms with Crippen molar-refractivity contribution in [3.05, 3.63) is 33.9 Å². The zero-order chi connectivity index (χ0) is 14.6. The second kappa shape index (κ2) is 5.87. The van der Waals surface area contributed by atoms with Crippen molar-refractivity contribution in [2.75, 3.05) is 13.6 Å². The first-order chi connectivity index (χ1) is 8.75. The summed E-state index contributed by atoms with van der Waals surface area (Å²) in [7, 11) is 1.68. The zero-order valence-corrected chi connectivity index (χ0v) is 10.3. The maximum absolute atomic E-state index is 12.7. The van der Waals surface area contributed by atoms with Gasteiger partial charge in [0.1, 0.15) is 17.4 Å². The van der Waals surface area contributed by atoms with E-state index in [1.54, 1.807) is 14.0 Å². The third-order valence-corrected chi connectivity index (χ3v) is 2.30. The Labute approximate surface area is 107 Å². The van der Waals surface area contributed by atoms with Gasteiger partial charge in [0.05, 0.1) is 4.92 Å². The number of rotatable bonds is 5. The smallest absolute Gasteiger partial charge is 0.423 e. The molecule has 1 rings (SSSR count). The summed E-state index contributed by atoms with van der Waals surface area (Å²) < 4.78 is 43.3. The minimum Gasteiger partial charge on any atom is -0.489 e. The molecule has 0 heterocycles. The summed E-state index contributed by atoms with van der Waals surface area (Å²) in [5.41, 5.74) is -2.30. The average molecular weight is 278 g/mol. The molecule has 5 nitrogen and oxygen atoms in total. The highest BCUT2D eigenvalue weighted by atomic mass is 19.4. The molecule has 0 fully saturated rings. The SMILES string of the molecule is CNCC(C)Oc1ccc([N+](=O)[O-])c(C(F)(F)F)c1. The highest BCUT2D eigenvalue weighted by Gasteiger charge is 2.38. The molecule has 0 aromatic heterocycles. The van der Waals surface area contributed by atoms with Crippen LogP contribution in [-0.4, -0.2) is 24.6 Å². The Bertz CT molecular complexity index is 463. The van der Waals surface area contributed by atoms with Crippen LogP contribution >= 0.6 is 0 Å². The van der Waals surface area contributed by atoms with E-state index in [2.05, 4.69) is 5.32 Å². The molecule has 0 amide bonds. The van der Waals surface area contributed by atoms with Gasteiger partial charge in [-0.05, 0) is 26.1 Å². The minimum absolute atomic E-state index is 0.0549. The van der Waals surface area contributed by atoms with Gasteiger partial charge in [-0.15, -0.1) is 0 Å². The molecule has 0 aliphatic carbocycles. The van der Waals surface area contributed by atoms with Crippen LogP contribution in [-0.2, 0) is 6.18 Å². The number of likely N-dealkylation sites (N-methyl/N-ethyl adjacent to an activating group) is 1. The molecular weight excluding hydrogens is 265 g/mol. The molecule has 0 radical (unpaired) electrons. The highest BCUT2D eigenvalue weighted by Crippen LogP contribution is 2.38. The number of alkyl halides is 3. The lowest BCUT2D eigenvalue weighted by atomic mass is 10.1. The number of halogens is 3. The number of nitrogens with one attached hydrogen (secondary N) is 1. The van der Waals surface area contributed by atoms with Gasteiger partial charge in [0.2, 0.25) is 0 Å². The number of benzene rings is 1. The van der Waals surface area contributed by atoms with Crippen LogP contribution in [0.3, 0.4) is 0 Å². The summed E-state index contributed by atoms with van der Waals surface area (Å²) in [5.74, 6) is -0.0549. The largest absolute Gasteiger partial charge is 0.489 e. The van der Waals surface area contributed by atoms with Gasteiger partial charge in [-0.2, -0.15) is 13.2 Å². The summed E-state index contributed by atoms with van der Waals surface area (Å²) >= 11 is 0. The summed E-state index contributed by atoms with van der Waals surface area (Å²) in [5, 5.41) is 13.4. The van der Waals surface area contributed by atoms with E-state index >= 15 is 0 Å². The van der Waals surface area contributed by atoms with Crippen LogP contribution in [0.2, 0.25) is 0 Å². The maximum Gasteiger partial charge on any atom is 0.423 e. The third-order valence-electron chi connectivity index (χ3n) is 2.30.